The van der Waals surface area contributed by atoms with E-state index in [1.54, 1.807) is 12.1 Å². The molecule has 0 radical (unpaired) electrons. The van der Waals surface area contributed by atoms with Gasteiger partial charge in [-0.2, -0.15) is 0 Å². The molecule has 1 aromatic carbocycles. The van der Waals surface area contributed by atoms with Crippen molar-refractivity contribution in [2.75, 3.05) is 0 Å². The minimum Gasteiger partial charge on any atom is -0.481 e. The average Bonchev–Trinajstić information content (AvgIpc) is 2.96. The summed E-state index contributed by atoms with van der Waals surface area (Å²) in [6.45, 7) is 2.11. The van der Waals surface area contributed by atoms with E-state index in [1.807, 2.05) is 0 Å². The topological polar surface area (TPSA) is 112 Å². The first kappa shape index (κ1) is 21.0. The zero-order chi connectivity index (χ0) is 21.2. The van der Waals surface area contributed by atoms with Crippen molar-refractivity contribution in [3.63, 3.8) is 0 Å². The number of amides is 2. The number of carbonyl (C=O) groups excluding carboxylic acids is 2. The number of carboxylic acids is 2. The Balaban J connectivity index is 2.02. The number of aryl methyl sites for hydroxylation is 1. The van der Waals surface area contributed by atoms with Gasteiger partial charge in [-0.05, 0) is 37.3 Å². The standard InChI is InChI=1S/C22H27NO6/c1-2-3-4-5-9-14-10-8-11-15-17(14)19(25)23(18(15)24)22(21(28)29)13-7-6-12-16(22)20(26)27/h8,10-11,16H,2-7,9,12-13H2,1H3,(H,26,27)(H,28,29). The Hall–Kier alpha value is -2.70. The minimum atomic E-state index is -2.04. The lowest BCUT2D eigenvalue weighted by molar-refractivity contribution is -0.164. The molecular formula is C22H27NO6. The van der Waals surface area contributed by atoms with Gasteiger partial charge in [0.1, 0.15) is 0 Å². The molecule has 3 rings (SSSR count). The molecule has 0 saturated heterocycles. The van der Waals surface area contributed by atoms with E-state index >= 15 is 0 Å². The second kappa shape index (κ2) is 8.35. The molecule has 1 aromatic rings. The summed E-state index contributed by atoms with van der Waals surface area (Å²) in [6.07, 6.45) is 5.74. The van der Waals surface area contributed by atoms with Gasteiger partial charge in [-0.3, -0.25) is 19.3 Å². The summed E-state index contributed by atoms with van der Waals surface area (Å²) in [4.78, 5) is 51.5. The summed E-state index contributed by atoms with van der Waals surface area (Å²) in [5.74, 6) is -5.40. The lowest BCUT2D eigenvalue weighted by Gasteiger charge is -2.43. The van der Waals surface area contributed by atoms with Crippen LogP contribution in [0.4, 0.5) is 0 Å². The number of rotatable bonds is 8. The predicted molar refractivity (Wildman–Crippen MR) is 105 cm³/mol. The highest BCUT2D eigenvalue weighted by molar-refractivity contribution is 6.24. The Kier molecular flexibility index (Phi) is 6.05. The molecule has 2 amide bonds. The fourth-order valence-corrected chi connectivity index (χ4v) is 4.77. The van der Waals surface area contributed by atoms with Crippen LogP contribution in [0.15, 0.2) is 18.2 Å². The molecule has 7 heteroatoms. The number of carboxylic acid groups (broad SMARTS) is 2. The Morgan fingerprint density at radius 2 is 1.86 bits per heavy atom. The number of unbranched alkanes of at least 4 members (excludes halogenated alkanes) is 3. The number of fused-ring (bicyclic) bond motifs is 1. The lowest BCUT2D eigenvalue weighted by atomic mass is 9.71. The molecule has 0 bridgehead atoms. The molecular weight excluding hydrogens is 374 g/mol. The fourth-order valence-electron chi connectivity index (χ4n) is 4.77. The van der Waals surface area contributed by atoms with E-state index in [1.165, 1.54) is 6.07 Å². The van der Waals surface area contributed by atoms with Gasteiger partial charge in [0.05, 0.1) is 17.0 Å². The van der Waals surface area contributed by atoms with Crippen LogP contribution in [-0.4, -0.2) is 44.4 Å². The Labute approximate surface area is 169 Å². The molecule has 1 aliphatic carbocycles. The normalized spacial score (nSPS) is 23.9. The van der Waals surface area contributed by atoms with Gasteiger partial charge in [0.2, 0.25) is 0 Å². The van der Waals surface area contributed by atoms with Crippen molar-refractivity contribution in [2.24, 2.45) is 5.92 Å². The van der Waals surface area contributed by atoms with E-state index in [-0.39, 0.29) is 24.0 Å². The second-order valence-corrected chi connectivity index (χ2v) is 7.96. The molecule has 7 nitrogen and oxygen atoms in total. The van der Waals surface area contributed by atoms with Crippen LogP contribution in [0.2, 0.25) is 0 Å². The third-order valence-electron chi connectivity index (χ3n) is 6.25. The minimum absolute atomic E-state index is 0.0450. The van der Waals surface area contributed by atoms with Gasteiger partial charge in [-0.1, -0.05) is 51.2 Å². The zero-order valence-electron chi connectivity index (χ0n) is 16.6. The van der Waals surface area contributed by atoms with Crippen molar-refractivity contribution in [3.05, 3.63) is 34.9 Å². The van der Waals surface area contributed by atoms with Crippen LogP contribution >= 0.6 is 0 Å². The lowest BCUT2D eigenvalue weighted by Crippen LogP contribution is -2.64. The van der Waals surface area contributed by atoms with Gasteiger partial charge < -0.3 is 10.2 Å². The maximum absolute atomic E-state index is 13.3. The number of hydrogen-bond acceptors (Lipinski definition) is 4. The molecule has 2 unspecified atom stereocenters. The van der Waals surface area contributed by atoms with E-state index in [0.29, 0.717) is 19.3 Å². The van der Waals surface area contributed by atoms with E-state index in [4.69, 9.17) is 0 Å². The molecule has 156 valence electrons. The van der Waals surface area contributed by atoms with Crippen molar-refractivity contribution >= 4 is 23.8 Å². The number of hydrogen-bond donors (Lipinski definition) is 2. The number of nitrogens with zero attached hydrogens (tertiary/aromatic N) is 1. The fraction of sp³-hybridized carbons (Fsp3) is 0.545. The zero-order valence-corrected chi connectivity index (χ0v) is 16.6. The molecule has 0 aromatic heterocycles. The molecule has 1 aliphatic heterocycles. The molecule has 2 N–H and O–H groups in total. The van der Waals surface area contributed by atoms with Crippen LogP contribution in [0.1, 0.15) is 84.6 Å². The molecule has 1 heterocycles. The average molecular weight is 401 g/mol. The summed E-state index contributed by atoms with van der Waals surface area (Å²) in [5.41, 5.74) is -0.901. The Morgan fingerprint density at radius 3 is 2.52 bits per heavy atom. The van der Waals surface area contributed by atoms with E-state index < -0.39 is 35.2 Å². The van der Waals surface area contributed by atoms with E-state index in [0.717, 1.165) is 36.1 Å². The van der Waals surface area contributed by atoms with Gasteiger partial charge in [-0.15, -0.1) is 0 Å². The van der Waals surface area contributed by atoms with E-state index in [2.05, 4.69) is 6.92 Å². The number of benzene rings is 1. The van der Waals surface area contributed by atoms with Crippen LogP contribution in [0.5, 0.6) is 0 Å². The van der Waals surface area contributed by atoms with Gasteiger partial charge in [0.25, 0.3) is 11.8 Å². The summed E-state index contributed by atoms with van der Waals surface area (Å²) in [6, 6.07) is 5.02. The Bertz CT molecular complexity index is 848. The highest BCUT2D eigenvalue weighted by Gasteiger charge is 2.61. The first-order valence-corrected chi connectivity index (χ1v) is 10.3. The van der Waals surface area contributed by atoms with Crippen molar-refractivity contribution in [1.29, 1.82) is 0 Å². The van der Waals surface area contributed by atoms with Crippen molar-refractivity contribution < 1.29 is 29.4 Å². The summed E-state index contributed by atoms with van der Waals surface area (Å²) >= 11 is 0. The first-order valence-electron chi connectivity index (χ1n) is 10.3. The maximum Gasteiger partial charge on any atom is 0.331 e. The van der Waals surface area contributed by atoms with E-state index in [9.17, 15) is 29.4 Å². The third-order valence-corrected chi connectivity index (χ3v) is 6.25. The molecule has 0 spiro atoms. The highest BCUT2D eigenvalue weighted by atomic mass is 16.4. The van der Waals surface area contributed by atoms with Crippen molar-refractivity contribution in [3.8, 4) is 0 Å². The molecule has 1 saturated carbocycles. The van der Waals surface area contributed by atoms with Crippen LogP contribution in [0.25, 0.3) is 0 Å². The van der Waals surface area contributed by atoms with Crippen molar-refractivity contribution in [1.82, 2.24) is 4.90 Å². The molecule has 29 heavy (non-hydrogen) atoms. The first-order chi connectivity index (χ1) is 13.9. The third kappa shape index (κ3) is 3.43. The number of aliphatic carboxylic acids is 2. The molecule has 1 fully saturated rings. The second-order valence-electron chi connectivity index (χ2n) is 7.96. The van der Waals surface area contributed by atoms with Gasteiger partial charge >= 0.3 is 11.9 Å². The number of imide groups is 1. The molecule has 2 aliphatic rings. The van der Waals surface area contributed by atoms with Gasteiger partial charge in [-0.25, -0.2) is 4.79 Å². The summed E-state index contributed by atoms with van der Waals surface area (Å²) < 4.78 is 0. The monoisotopic (exact) mass is 401 g/mol. The highest BCUT2D eigenvalue weighted by Crippen LogP contribution is 2.43. The maximum atomic E-state index is 13.3. The number of carbonyl (C=O) groups is 4. The molecule has 2 atom stereocenters. The van der Waals surface area contributed by atoms with Crippen LogP contribution in [0, 0.1) is 5.92 Å². The summed E-state index contributed by atoms with van der Waals surface area (Å²) in [5, 5.41) is 19.7. The largest absolute Gasteiger partial charge is 0.481 e. The van der Waals surface area contributed by atoms with Crippen molar-refractivity contribution in [2.45, 2.75) is 70.3 Å². The Morgan fingerprint density at radius 1 is 1.10 bits per heavy atom. The van der Waals surface area contributed by atoms with Crippen LogP contribution in [0.3, 0.4) is 0 Å². The van der Waals surface area contributed by atoms with Crippen LogP contribution in [-0.2, 0) is 16.0 Å². The smallest absolute Gasteiger partial charge is 0.331 e. The van der Waals surface area contributed by atoms with Gasteiger partial charge in [0.15, 0.2) is 5.54 Å². The quantitative estimate of drug-likeness (QED) is 0.509. The predicted octanol–water partition coefficient (Wildman–Crippen LogP) is 3.50. The van der Waals surface area contributed by atoms with Gasteiger partial charge in [0, 0.05) is 0 Å². The van der Waals surface area contributed by atoms with Crippen LogP contribution < -0.4 is 0 Å². The summed E-state index contributed by atoms with van der Waals surface area (Å²) in [7, 11) is 0. The SMILES string of the molecule is CCCCCCc1cccc2c1C(=O)N(C1(C(=O)O)CCCCC1C(=O)O)C2=O.